The number of fused-ring (bicyclic) bond motifs is 2. The fourth-order valence-corrected chi connectivity index (χ4v) is 9.25. The summed E-state index contributed by atoms with van der Waals surface area (Å²) < 4.78 is 113. The topological polar surface area (TPSA) is 209 Å². The first-order valence-corrected chi connectivity index (χ1v) is 23.5. The highest BCUT2D eigenvalue weighted by molar-refractivity contribution is 6.38. The predicted octanol–water partition coefficient (Wildman–Crippen LogP) is 7.35. The van der Waals surface area contributed by atoms with Gasteiger partial charge in [-0.1, -0.05) is 0 Å². The number of amides is 2. The molecule has 4 aliphatic rings. The van der Waals surface area contributed by atoms with E-state index in [0.717, 1.165) is 31.2 Å². The third-order valence-corrected chi connectivity index (χ3v) is 12.6. The van der Waals surface area contributed by atoms with Crippen LogP contribution in [0.4, 0.5) is 47.2 Å². The smallest absolute Gasteiger partial charge is 0.492 e. The summed E-state index contributed by atoms with van der Waals surface area (Å²) >= 11 is 0. The van der Waals surface area contributed by atoms with Crippen LogP contribution in [0.5, 0.6) is 11.5 Å². The quantitative estimate of drug-likeness (QED) is 0.0884. The Hall–Kier alpha value is -6.82. The van der Waals surface area contributed by atoms with Crippen LogP contribution >= 0.6 is 0 Å². The largest absolute Gasteiger partial charge is 0.798 e. The van der Waals surface area contributed by atoms with Crippen molar-refractivity contribution in [1.82, 2.24) is 19.8 Å². The number of alkyl halides is 2. The number of carbonyl (C=O) groups excluding carboxylic acids is 3. The van der Waals surface area contributed by atoms with Crippen molar-refractivity contribution in [2.24, 2.45) is 11.8 Å². The Morgan fingerprint density at radius 2 is 1.05 bits per heavy atom. The average Bonchev–Trinajstić information content (AvgIpc) is 4.23. The van der Waals surface area contributed by atoms with E-state index in [0.29, 0.717) is 18.4 Å². The van der Waals surface area contributed by atoms with Crippen molar-refractivity contribution in [3.63, 3.8) is 0 Å². The molecule has 396 valence electrons. The SMILES string of the molecule is COc1c(N2C[C@H](CF)[C@H](NC(=O)OC(C)(C)C)C2)c(F)cc2c(=O)c(C(=O)O)cn(C3CC3)c12.COc1c(N2C[C@H](CF)[C@H](NC(=O)OC(C)(C)C)C2)c(F)cc2c(=O)c(C(=O)OB(F)F)cn(C3CC3)c12. The molecule has 4 heterocycles. The number of nitrogens with zero attached hydrogens (tertiary/aromatic N) is 4. The number of pyridine rings is 2. The normalized spacial score (nSPS) is 19.8. The summed E-state index contributed by atoms with van der Waals surface area (Å²) in [5.74, 6) is -5.88. The molecule has 2 aromatic heterocycles. The Balaban J connectivity index is 0.000000214. The van der Waals surface area contributed by atoms with Gasteiger partial charge in [0.05, 0.1) is 61.5 Å². The maximum atomic E-state index is 15.6. The zero-order valence-electron chi connectivity index (χ0n) is 41.4. The molecule has 2 aromatic carbocycles. The number of rotatable bonds is 13. The molecule has 0 bridgehead atoms. The van der Waals surface area contributed by atoms with E-state index in [-0.39, 0.29) is 77.4 Å². The molecule has 4 fully saturated rings. The van der Waals surface area contributed by atoms with Crippen LogP contribution in [-0.2, 0) is 14.1 Å². The summed E-state index contributed by atoms with van der Waals surface area (Å²) in [7, 11) is -0.817. The second-order valence-corrected chi connectivity index (χ2v) is 20.4. The summed E-state index contributed by atoms with van der Waals surface area (Å²) in [5, 5.41) is 14.4. The van der Waals surface area contributed by atoms with Crippen molar-refractivity contribution in [2.45, 2.75) is 103 Å². The minimum Gasteiger partial charge on any atom is -0.492 e. The van der Waals surface area contributed by atoms with Crippen molar-refractivity contribution in [1.29, 1.82) is 0 Å². The van der Waals surface area contributed by atoms with Gasteiger partial charge in [-0.05, 0) is 79.4 Å². The minimum absolute atomic E-state index is 0.0269. The molecule has 2 saturated carbocycles. The van der Waals surface area contributed by atoms with E-state index in [9.17, 15) is 51.3 Å². The predicted molar refractivity (Wildman–Crippen MR) is 256 cm³/mol. The van der Waals surface area contributed by atoms with Crippen molar-refractivity contribution >= 4 is 64.8 Å². The molecule has 8 rings (SSSR count). The van der Waals surface area contributed by atoms with Crippen LogP contribution in [0.15, 0.2) is 34.1 Å². The first-order valence-electron chi connectivity index (χ1n) is 23.5. The van der Waals surface area contributed by atoms with Gasteiger partial charge in [-0.15, -0.1) is 0 Å². The lowest BCUT2D eigenvalue weighted by atomic mass is 10.1. The number of hydrogen-bond acceptors (Lipinski definition) is 13. The number of carbonyl (C=O) groups is 4. The third-order valence-electron chi connectivity index (χ3n) is 12.6. The number of alkyl carbamates (subject to hydrolysis) is 2. The van der Waals surface area contributed by atoms with Gasteiger partial charge in [0.1, 0.15) is 33.7 Å². The number of anilines is 2. The number of benzene rings is 2. The van der Waals surface area contributed by atoms with Gasteiger partial charge in [-0.3, -0.25) is 18.4 Å². The Morgan fingerprint density at radius 1 is 0.671 bits per heavy atom. The number of halogens is 6. The van der Waals surface area contributed by atoms with E-state index >= 15 is 8.78 Å². The molecule has 2 aliphatic carbocycles. The number of methoxy groups -OCH3 is 2. The molecule has 73 heavy (non-hydrogen) atoms. The van der Waals surface area contributed by atoms with Crippen molar-refractivity contribution in [3.05, 3.63) is 67.7 Å². The first-order chi connectivity index (χ1) is 34.3. The number of carboxylic acids is 1. The fraction of sp³-hybridized carbons (Fsp3) is 0.542. The van der Waals surface area contributed by atoms with Gasteiger partial charge in [-0.2, -0.15) is 0 Å². The van der Waals surface area contributed by atoms with Gasteiger partial charge < -0.3 is 58.3 Å². The van der Waals surface area contributed by atoms with Crippen LogP contribution in [0.25, 0.3) is 21.8 Å². The molecule has 4 atom stereocenters. The molecule has 0 radical (unpaired) electrons. The highest BCUT2D eigenvalue weighted by Crippen LogP contribution is 2.46. The zero-order chi connectivity index (χ0) is 53.6. The molecule has 2 amide bonds. The molecule has 18 nitrogen and oxygen atoms in total. The molecule has 25 heteroatoms. The Morgan fingerprint density at radius 3 is 1.38 bits per heavy atom. The van der Waals surface area contributed by atoms with Crippen LogP contribution in [0.1, 0.15) is 100 Å². The van der Waals surface area contributed by atoms with Crippen LogP contribution in [-0.4, -0.2) is 123 Å². The van der Waals surface area contributed by atoms with Crippen molar-refractivity contribution < 1.29 is 74.1 Å². The lowest BCUT2D eigenvalue weighted by Gasteiger charge is -2.25. The number of ether oxygens (including phenoxy) is 4. The highest BCUT2D eigenvalue weighted by atomic mass is 19.2. The molecular weight excluding hydrogens is 977 g/mol. The Bertz CT molecular complexity index is 2940. The van der Waals surface area contributed by atoms with Crippen molar-refractivity contribution in [2.75, 3.05) is 63.5 Å². The first kappa shape index (κ1) is 54.0. The van der Waals surface area contributed by atoms with Crippen LogP contribution in [0.3, 0.4) is 0 Å². The monoisotopic (exact) mass is 1030 g/mol. The van der Waals surface area contributed by atoms with E-state index < -0.39 is 114 Å². The highest BCUT2D eigenvalue weighted by Gasteiger charge is 2.41. The molecule has 2 aliphatic heterocycles. The lowest BCUT2D eigenvalue weighted by molar-refractivity contribution is 0.0482. The van der Waals surface area contributed by atoms with Gasteiger partial charge in [0.25, 0.3) is 0 Å². The van der Waals surface area contributed by atoms with E-state index in [2.05, 4.69) is 15.3 Å². The van der Waals surface area contributed by atoms with E-state index in [4.69, 9.17) is 18.9 Å². The maximum Gasteiger partial charge on any atom is 0.798 e. The average molecular weight is 1030 g/mol. The van der Waals surface area contributed by atoms with Crippen LogP contribution < -0.4 is 40.8 Å². The van der Waals surface area contributed by atoms with Gasteiger partial charge >= 0.3 is 31.6 Å². The molecule has 0 spiro atoms. The van der Waals surface area contributed by atoms with Crippen LogP contribution in [0.2, 0.25) is 0 Å². The molecule has 3 N–H and O–H groups in total. The van der Waals surface area contributed by atoms with E-state index in [1.807, 2.05) is 0 Å². The molecule has 4 aromatic rings. The van der Waals surface area contributed by atoms with Crippen LogP contribution in [0, 0.1) is 23.5 Å². The summed E-state index contributed by atoms with van der Waals surface area (Å²) in [6, 6.07) is 0.359. The van der Waals surface area contributed by atoms with Gasteiger partial charge in [0.15, 0.2) is 23.1 Å². The summed E-state index contributed by atoms with van der Waals surface area (Å²) in [5.41, 5.74) is -3.95. The Labute approximate surface area is 415 Å². The number of hydrogen-bond donors (Lipinski definition) is 3. The standard InChI is InChI=1S/C24H28BF4N3O6.C24H29F2N3O6/c1-24(2,3)37-23(35)30-17-11-31(9-12(17)8-26)19-16(27)7-14-18(21(19)36-4)32(13-5-6-13)10-15(20(14)33)22(34)38-25(28)29;1-24(2,3)35-23(33)27-17-11-28(9-12(17)8-25)19-16(26)7-14-18(21(19)34-4)29(13-5-6-13)10-15(20(14)30)22(31)32/h7,10,12-13,17H,5-6,8-9,11H2,1-4H3,(H,30,35);7,10,12-13,17H,5-6,8-9,11H2,1-4H3,(H,27,33)(H,31,32)/t2*12-,17+/m00/s1. The fourth-order valence-electron chi connectivity index (χ4n) is 9.25. The zero-order valence-corrected chi connectivity index (χ0v) is 41.4. The summed E-state index contributed by atoms with van der Waals surface area (Å²) in [4.78, 5) is 77.4. The number of aromatic carboxylic acids is 1. The second kappa shape index (κ2) is 21.0. The maximum absolute atomic E-state index is 15.6. The Kier molecular flexibility index (Phi) is 15.5. The van der Waals surface area contributed by atoms with E-state index in [1.165, 1.54) is 29.9 Å². The molecule has 2 saturated heterocycles. The lowest BCUT2D eigenvalue weighted by Crippen LogP contribution is -2.43. The summed E-state index contributed by atoms with van der Waals surface area (Å²) in [6.45, 7) is 8.90. The number of carboxylic acid groups (broad SMARTS) is 1. The van der Waals surface area contributed by atoms with Crippen molar-refractivity contribution in [3.8, 4) is 11.5 Å². The molecular formula is C48H57BF6N6O12. The van der Waals surface area contributed by atoms with Gasteiger partial charge in [0, 0.05) is 62.5 Å². The van der Waals surface area contributed by atoms with Gasteiger partial charge in [0.2, 0.25) is 10.9 Å². The number of nitrogens with one attached hydrogen (secondary N) is 2. The summed E-state index contributed by atoms with van der Waals surface area (Å²) in [6.07, 6.45) is 3.87. The third kappa shape index (κ3) is 11.7. The van der Waals surface area contributed by atoms with Gasteiger partial charge in [-0.25, -0.2) is 36.6 Å². The van der Waals surface area contributed by atoms with E-state index in [1.54, 1.807) is 51.0 Å². The number of aromatic nitrogens is 2. The second-order valence-electron chi connectivity index (χ2n) is 20.4. The molecule has 0 unspecified atom stereocenters. The minimum atomic E-state index is -3.43.